The third-order valence-corrected chi connectivity index (χ3v) is 3.80. The number of esters is 2. The maximum Gasteiger partial charge on any atom is 0.303 e. The smallest absolute Gasteiger partial charge is 0.303 e. The molecule has 0 unspecified atom stereocenters. The molecule has 1 fully saturated rings. The summed E-state index contributed by atoms with van der Waals surface area (Å²) < 4.78 is 18.3. The van der Waals surface area contributed by atoms with Gasteiger partial charge >= 0.3 is 11.9 Å². The van der Waals surface area contributed by atoms with Crippen LogP contribution in [0.5, 0.6) is 0 Å². The molecule has 0 aliphatic carbocycles. The molecule has 0 radical (unpaired) electrons. The monoisotopic (exact) mass is 448 g/mol. The molecular formula is C14H19Cl3N2O8. The number of hydrogen-bond acceptors (Lipinski definition) is 9. The zero-order valence-corrected chi connectivity index (χ0v) is 16.8. The Bertz CT molecular complexity index is 595. The van der Waals surface area contributed by atoms with Crippen molar-refractivity contribution in [2.24, 2.45) is 0 Å². The lowest BCUT2D eigenvalue weighted by atomic mass is 9.96. The largest absolute Gasteiger partial charge is 0.463 e. The molecule has 0 aromatic carbocycles. The number of nitrogens with one attached hydrogen (secondary N) is 2. The van der Waals surface area contributed by atoms with Gasteiger partial charge < -0.3 is 29.4 Å². The molecule has 1 heterocycles. The van der Waals surface area contributed by atoms with E-state index in [4.69, 9.17) is 59.2 Å². The zero-order chi connectivity index (χ0) is 20.9. The fourth-order valence-electron chi connectivity index (χ4n) is 2.26. The Morgan fingerprint density at radius 2 is 1.74 bits per heavy atom. The first kappa shape index (κ1) is 23.7. The lowest BCUT2D eigenvalue weighted by Crippen LogP contribution is -2.66. The van der Waals surface area contributed by atoms with E-state index in [1.807, 2.05) is 0 Å². The first-order chi connectivity index (χ1) is 12.3. The highest BCUT2D eigenvalue weighted by Gasteiger charge is 2.50. The molecule has 10 nitrogen and oxygen atoms in total. The molecule has 13 heteroatoms. The number of alkyl halides is 3. The van der Waals surface area contributed by atoms with Crippen molar-refractivity contribution in [1.82, 2.24) is 5.32 Å². The van der Waals surface area contributed by atoms with Gasteiger partial charge in [-0.05, 0) is 0 Å². The lowest BCUT2D eigenvalue weighted by molar-refractivity contribution is -0.256. The van der Waals surface area contributed by atoms with Crippen molar-refractivity contribution in [3.8, 4) is 0 Å². The van der Waals surface area contributed by atoms with Gasteiger partial charge in [-0.25, -0.2) is 0 Å². The van der Waals surface area contributed by atoms with Crippen molar-refractivity contribution in [2.45, 2.75) is 55.2 Å². The van der Waals surface area contributed by atoms with Crippen LogP contribution in [0.1, 0.15) is 20.8 Å². The lowest BCUT2D eigenvalue weighted by Gasteiger charge is -2.43. The SMILES string of the molecule is CC(=O)N[C@H]1[C@@H](OC(=N)C(Cl)(Cl)Cl)O[C@H](COC(C)=O)[C@@H](OC(C)=O)[C@@H]1O. The van der Waals surface area contributed by atoms with Gasteiger partial charge in [0.05, 0.1) is 0 Å². The van der Waals surface area contributed by atoms with E-state index in [2.05, 4.69) is 5.32 Å². The van der Waals surface area contributed by atoms with Gasteiger partial charge in [-0.2, -0.15) is 0 Å². The van der Waals surface area contributed by atoms with Crippen LogP contribution in [0, 0.1) is 5.41 Å². The normalized spacial score (nSPS) is 28.0. The second-order valence-electron chi connectivity index (χ2n) is 5.58. The van der Waals surface area contributed by atoms with Crippen LogP contribution in [0.4, 0.5) is 0 Å². The van der Waals surface area contributed by atoms with E-state index >= 15 is 0 Å². The molecule has 5 atom stereocenters. The number of halogens is 3. The fraction of sp³-hybridized carbons (Fsp3) is 0.714. The minimum absolute atomic E-state index is 0.405. The summed E-state index contributed by atoms with van der Waals surface area (Å²) in [6, 6.07) is -1.28. The van der Waals surface area contributed by atoms with Gasteiger partial charge in [0.25, 0.3) is 3.79 Å². The molecule has 1 aliphatic rings. The highest BCUT2D eigenvalue weighted by atomic mass is 35.6. The molecule has 0 aromatic heterocycles. The van der Waals surface area contributed by atoms with Crippen LogP contribution in [0.15, 0.2) is 0 Å². The Labute approximate surface area is 169 Å². The summed E-state index contributed by atoms with van der Waals surface area (Å²) in [7, 11) is 0. The van der Waals surface area contributed by atoms with Gasteiger partial charge in [0.1, 0.15) is 24.9 Å². The van der Waals surface area contributed by atoms with Crippen LogP contribution >= 0.6 is 34.8 Å². The molecule has 1 saturated heterocycles. The van der Waals surface area contributed by atoms with Crippen LogP contribution in [0.3, 0.4) is 0 Å². The van der Waals surface area contributed by atoms with E-state index in [1.54, 1.807) is 0 Å². The van der Waals surface area contributed by atoms with Crippen molar-refractivity contribution >= 4 is 58.5 Å². The summed E-state index contributed by atoms with van der Waals surface area (Å²) in [5.41, 5.74) is 0. The molecule has 0 bridgehead atoms. The van der Waals surface area contributed by atoms with Crippen LogP contribution < -0.4 is 5.32 Å². The molecule has 0 saturated carbocycles. The summed E-state index contributed by atoms with van der Waals surface area (Å²) in [5, 5.41) is 20.6. The van der Waals surface area contributed by atoms with Crippen molar-refractivity contribution in [3.63, 3.8) is 0 Å². The predicted molar refractivity (Wildman–Crippen MR) is 93.6 cm³/mol. The third-order valence-electron chi connectivity index (χ3n) is 3.29. The highest BCUT2D eigenvalue weighted by molar-refractivity contribution is 6.76. The number of aliphatic hydroxyl groups is 1. The molecular weight excluding hydrogens is 431 g/mol. The molecule has 1 aliphatic heterocycles. The second-order valence-corrected chi connectivity index (χ2v) is 7.86. The zero-order valence-electron chi connectivity index (χ0n) is 14.5. The number of carbonyl (C=O) groups excluding carboxylic acids is 3. The van der Waals surface area contributed by atoms with Crippen LogP contribution in [0.25, 0.3) is 0 Å². The number of hydrogen-bond donors (Lipinski definition) is 3. The van der Waals surface area contributed by atoms with E-state index in [1.165, 1.54) is 0 Å². The average molecular weight is 450 g/mol. The number of amides is 1. The van der Waals surface area contributed by atoms with E-state index in [0.717, 1.165) is 20.8 Å². The molecule has 1 rings (SSSR count). The summed E-state index contributed by atoms with van der Waals surface area (Å²) in [6.45, 7) is 3.00. The van der Waals surface area contributed by atoms with Crippen molar-refractivity contribution < 1.29 is 38.4 Å². The molecule has 27 heavy (non-hydrogen) atoms. The van der Waals surface area contributed by atoms with Gasteiger partial charge in [-0.15, -0.1) is 0 Å². The van der Waals surface area contributed by atoms with Gasteiger partial charge in [0.15, 0.2) is 6.10 Å². The van der Waals surface area contributed by atoms with Gasteiger partial charge in [0.2, 0.25) is 18.1 Å². The summed E-state index contributed by atoms with van der Waals surface area (Å²) in [4.78, 5) is 33.9. The Hall–Kier alpha value is -1.33. The second kappa shape index (κ2) is 9.74. The van der Waals surface area contributed by atoms with Crippen LogP contribution in [-0.2, 0) is 33.3 Å². The van der Waals surface area contributed by atoms with Crippen LogP contribution in [0.2, 0.25) is 0 Å². The van der Waals surface area contributed by atoms with E-state index in [9.17, 15) is 19.5 Å². The van der Waals surface area contributed by atoms with Crippen molar-refractivity contribution in [2.75, 3.05) is 6.61 Å². The third kappa shape index (κ3) is 7.30. The average Bonchev–Trinajstić information content (AvgIpc) is 2.50. The molecule has 0 aromatic rings. The fourth-order valence-corrected chi connectivity index (χ4v) is 2.40. The summed E-state index contributed by atoms with van der Waals surface area (Å²) in [6.07, 6.45) is -5.52. The topological polar surface area (TPSA) is 144 Å². The van der Waals surface area contributed by atoms with Gasteiger partial charge in [-0.1, -0.05) is 34.8 Å². The Morgan fingerprint density at radius 1 is 1.15 bits per heavy atom. The van der Waals surface area contributed by atoms with Crippen LogP contribution in [-0.4, -0.2) is 69.9 Å². The van der Waals surface area contributed by atoms with E-state index in [-0.39, 0.29) is 0 Å². The number of carbonyl (C=O) groups is 3. The highest BCUT2D eigenvalue weighted by Crippen LogP contribution is 2.31. The minimum Gasteiger partial charge on any atom is -0.463 e. The predicted octanol–water partition coefficient (Wildman–Crippen LogP) is 0.436. The number of rotatable bonds is 5. The molecule has 154 valence electrons. The van der Waals surface area contributed by atoms with Crippen molar-refractivity contribution in [1.29, 1.82) is 5.41 Å². The standard InChI is InChI=1S/C14H19Cl3N2O8/c1-5(20)19-9-10(23)11(25-7(3)22)8(4-24-6(2)21)26-12(9)27-13(18)14(15,16)17/h8-12,18,23H,4H2,1-3H3,(H,19,20)/t8-,9-,10-,11-,12-/m1/s1. The number of ether oxygens (including phenoxy) is 4. The number of aliphatic hydroxyl groups excluding tert-OH is 1. The molecule has 1 amide bonds. The summed E-state index contributed by atoms with van der Waals surface area (Å²) >= 11 is 16.7. The Morgan fingerprint density at radius 3 is 2.19 bits per heavy atom. The van der Waals surface area contributed by atoms with Gasteiger partial charge in [0, 0.05) is 20.8 Å². The van der Waals surface area contributed by atoms with E-state index < -0.39 is 64.8 Å². The Kier molecular flexibility index (Phi) is 8.55. The van der Waals surface area contributed by atoms with E-state index in [0.29, 0.717) is 0 Å². The first-order valence-corrected chi connectivity index (χ1v) is 8.70. The quantitative estimate of drug-likeness (QED) is 0.237. The molecule has 0 spiro atoms. The van der Waals surface area contributed by atoms with Gasteiger partial charge in [-0.3, -0.25) is 19.8 Å². The maximum absolute atomic E-state index is 11.5. The molecule has 3 N–H and O–H groups in total. The van der Waals surface area contributed by atoms with Crippen molar-refractivity contribution in [3.05, 3.63) is 0 Å². The first-order valence-electron chi connectivity index (χ1n) is 7.56. The minimum atomic E-state index is -2.23. The summed E-state index contributed by atoms with van der Waals surface area (Å²) in [5.74, 6) is -2.80. The Balaban J connectivity index is 3.13. The maximum atomic E-state index is 11.5.